The van der Waals surface area contributed by atoms with Gasteiger partial charge in [0.1, 0.15) is 0 Å². The molecule has 1 aromatic carbocycles. The Hall–Kier alpha value is -0.820. The summed E-state index contributed by atoms with van der Waals surface area (Å²) in [5, 5.41) is 0. The summed E-state index contributed by atoms with van der Waals surface area (Å²) in [5.74, 6) is 0. The first kappa shape index (κ1) is 5.78. The minimum atomic E-state index is 0.427. The Morgan fingerprint density at radius 2 is 1.55 bits per heavy atom. The summed E-state index contributed by atoms with van der Waals surface area (Å²) in [4.78, 5) is 0. The van der Waals surface area contributed by atoms with E-state index in [2.05, 4.69) is 24.3 Å². The molecule has 0 spiro atoms. The van der Waals surface area contributed by atoms with Crippen molar-refractivity contribution in [2.75, 3.05) is 0 Å². The Bertz CT molecular complexity index is 264. The summed E-state index contributed by atoms with van der Waals surface area (Å²) in [5.41, 5.74) is 2.87. The molecule has 0 saturated carbocycles. The molecular formula is C10H10O. The second-order valence-corrected chi connectivity index (χ2v) is 3.32. The van der Waals surface area contributed by atoms with Crippen molar-refractivity contribution < 1.29 is 4.74 Å². The zero-order chi connectivity index (χ0) is 7.26. The Labute approximate surface area is 66.0 Å². The Balaban J connectivity index is 2.23. The Kier molecular flexibility index (Phi) is 0.977. The lowest BCUT2D eigenvalue weighted by molar-refractivity contribution is 0.0716. The van der Waals surface area contributed by atoms with E-state index in [0.717, 1.165) is 0 Å². The third-order valence-corrected chi connectivity index (χ3v) is 2.71. The quantitative estimate of drug-likeness (QED) is 0.546. The van der Waals surface area contributed by atoms with E-state index in [1.54, 1.807) is 0 Å². The molecule has 2 aliphatic heterocycles. The maximum atomic E-state index is 5.74. The molecule has 0 amide bonds. The summed E-state index contributed by atoms with van der Waals surface area (Å²) >= 11 is 0. The second kappa shape index (κ2) is 1.86. The maximum absolute atomic E-state index is 5.74. The first-order valence-corrected chi connectivity index (χ1v) is 4.19. The van der Waals surface area contributed by atoms with Crippen molar-refractivity contribution in [2.24, 2.45) is 0 Å². The number of fused-ring (bicyclic) bond motifs is 5. The average molecular weight is 146 g/mol. The molecule has 0 radical (unpaired) electrons. The summed E-state index contributed by atoms with van der Waals surface area (Å²) in [6, 6.07) is 8.59. The maximum Gasteiger partial charge on any atom is 0.0838 e. The summed E-state index contributed by atoms with van der Waals surface area (Å²) in [7, 11) is 0. The molecule has 0 aromatic heterocycles. The molecule has 1 aromatic rings. The van der Waals surface area contributed by atoms with Crippen LogP contribution in [0.15, 0.2) is 24.3 Å². The van der Waals surface area contributed by atoms with Crippen molar-refractivity contribution in [1.82, 2.24) is 0 Å². The molecule has 11 heavy (non-hydrogen) atoms. The Morgan fingerprint density at radius 3 is 2.09 bits per heavy atom. The third-order valence-electron chi connectivity index (χ3n) is 2.71. The van der Waals surface area contributed by atoms with Gasteiger partial charge >= 0.3 is 0 Å². The van der Waals surface area contributed by atoms with Gasteiger partial charge in [-0.3, -0.25) is 0 Å². The van der Waals surface area contributed by atoms with Gasteiger partial charge in [-0.2, -0.15) is 0 Å². The predicted octanol–water partition coefficient (Wildman–Crippen LogP) is 2.59. The third kappa shape index (κ3) is 0.641. The minimum absolute atomic E-state index is 0.427. The molecule has 1 fully saturated rings. The van der Waals surface area contributed by atoms with Gasteiger partial charge in [-0.15, -0.1) is 0 Å². The summed E-state index contributed by atoms with van der Waals surface area (Å²) in [6.07, 6.45) is 3.30. The first-order chi connectivity index (χ1) is 5.45. The molecule has 1 heteroatoms. The van der Waals surface area contributed by atoms with Crippen LogP contribution in [0.4, 0.5) is 0 Å². The number of ether oxygens (including phenoxy) is 1. The highest BCUT2D eigenvalue weighted by atomic mass is 16.5. The summed E-state index contributed by atoms with van der Waals surface area (Å²) in [6.45, 7) is 0. The number of benzene rings is 1. The fourth-order valence-corrected chi connectivity index (χ4v) is 2.19. The molecule has 0 aliphatic carbocycles. The molecule has 2 aliphatic rings. The van der Waals surface area contributed by atoms with Crippen LogP contribution in [0, 0.1) is 0 Å². The molecule has 3 rings (SSSR count). The molecular weight excluding hydrogens is 136 g/mol. The molecule has 1 saturated heterocycles. The molecule has 0 unspecified atom stereocenters. The predicted molar refractivity (Wildman–Crippen MR) is 42.2 cm³/mol. The lowest BCUT2D eigenvalue weighted by atomic mass is 9.92. The van der Waals surface area contributed by atoms with Crippen LogP contribution in [0.1, 0.15) is 36.2 Å². The van der Waals surface area contributed by atoms with Crippen molar-refractivity contribution in [2.45, 2.75) is 25.0 Å². The van der Waals surface area contributed by atoms with Gasteiger partial charge in [0.05, 0.1) is 12.2 Å². The SMILES string of the molecule is c1ccc2c(c1)[C@H]1CC[C@H]2O1. The van der Waals surface area contributed by atoms with Crippen LogP contribution in [0.25, 0.3) is 0 Å². The van der Waals surface area contributed by atoms with Crippen LogP contribution in [0.5, 0.6) is 0 Å². The van der Waals surface area contributed by atoms with E-state index in [1.807, 2.05) is 0 Å². The van der Waals surface area contributed by atoms with Gasteiger partial charge in [0, 0.05) is 0 Å². The van der Waals surface area contributed by atoms with Crippen molar-refractivity contribution in [3.63, 3.8) is 0 Å². The topological polar surface area (TPSA) is 9.23 Å². The average Bonchev–Trinajstić information content (AvgIpc) is 2.64. The zero-order valence-electron chi connectivity index (χ0n) is 6.29. The molecule has 56 valence electrons. The van der Waals surface area contributed by atoms with E-state index in [9.17, 15) is 0 Å². The van der Waals surface area contributed by atoms with Gasteiger partial charge in [-0.05, 0) is 24.0 Å². The van der Waals surface area contributed by atoms with E-state index < -0.39 is 0 Å². The van der Waals surface area contributed by atoms with Crippen molar-refractivity contribution in [3.05, 3.63) is 35.4 Å². The van der Waals surface area contributed by atoms with Crippen molar-refractivity contribution in [1.29, 1.82) is 0 Å². The van der Waals surface area contributed by atoms with Crippen molar-refractivity contribution >= 4 is 0 Å². The number of hydrogen-bond acceptors (Lipinski definition) is 1. The van der Waals surface area contributed by atoms with E-state index in [-0.39, 0.29) is 0 Å². The van der Waals surface area contributed by atoms with Gasteiger partial charge in [0.2, 0.25) is 0 Å². The van der Waals surface area contributed by atoms with E-state index in [0.29, 0.717) is 12.2 Å². The monoisotopic (exact) mass is 146 g/mol. The van der Waals surface area contributed by atoms with Crippen LogP contribution in [0.2, 0.25) is 0 Å². The van der Waals surface area contributed by atoms with Crippen LogP contribution in [-0.4, -0.2) is 0 Å². The van der Waals surface area contributed by atoms with Gasteiger partial charge < -0.3 is 4.74 Å². The Morgan fingerprint density at radius 1 is 1.00 bits per heavy atom. The lowest BCUT2D eigenvalue weighted by Crippen LogP contribution is -1.95. The van der Waals surface area contributed by atoms with E-state index in [1.165, 1.54) is 24.0 Å². The van der Waals surface area contributed by atoms with Crippen LogP contribution in [0.3, 0.4) is 0 Å². The van der Waals surface area contributed by atoms with Crippen molar-refractivity contribution in [3.8, 4) is 0 Å². The molecule has 0 N–H and O–H groups in total. The summed E-state index contributed by atoms with van der Waals surface area (Å²) < 4.78 is 5.74. The first-order valence-electron chi connectivity index (χ1n) is 4.19. The lowest BCUT2D eigenvalue weighted by Gasteiger charge is -2.09. The fraction of sp³-hybridized carbons (Fsp3) is 0.400. The van der Waals surface area contributed by atoms with E-state index >= 15 is 0 Å². The van der Waals surface area contributed by atoms with Crippen LogP contribution >= 0.6 is 0 Å². The number of rotatable bonds is 0. The fourth-order valence-electron chi connectivity index (χ4n) is 2.19. The highest BCUT2D eigenvalue weighted by molar-refractivity contribution is 5.36. The van der Waals surface area contributed by atoms with E-state index in [4.69, 9.17) is 4.74 Å². The minimum Gasteiger partial charge on any atom is -0.366 e. The van der Waals surface area contributed by atoms with Crippen LogP contribution in [-0.2, 0) is 4.74 Å². The van der Waals surface area contributed by atoms with Gasteiger partial charge in [-0.25, -0.2) is 0 Å². The highest BCUT2D eigenvalue weighted by Gasteiger charge is 2.37. The highest BCUT2D eigenvalue weighted by Crippen LogP contribution is 2.49. The molecule has 2 heterocycles. The standard InChI is InChI=1S/C10H10O/c1-2-4-8-7(3-1)9-5-6-10(8)11-9/h1-4,9-10H,5-6H2/t9-,10-/m1/s1. The number of hydrogen-bond donors (Lipinski definition) is 0. The van der Waals surface area contributed by atoms with Gasteiger partial charge in [0.25, 0.3) is 0 Å². The largest absolute Gasteiger partial charge is 0.366 e. The van der Waals surface area contributed by atoms with Gasteiger partial charge in [0.15, 0.2) is 0 Å². The zero-order valence-corrected chi connectivity index (χ0v) is 6.29. The van der Waals surface area contributed by atoms with Crippen LogP contribution < -0.4 is 0 Å². The molecule has 2 bridgehead atoms. The smallest absolute Gasteiger partial charge is 0.0838 e. The second-order valence-electron chi connectivity index (χ2n) is 3.32. The molecule has 2 atom stereocenters. The molecule has 1 nitrogen and oxygen atoms in total. The normalized spacial score (nSPS) is 32.4. The van der Waals surface area contributed by atoms with Gasteiger partial charge in [-0.1, -0.05) is 24.3 Å².